The minimum atomic E-state index is -0.383. The molecule has 14 heavy (non-hydrogen) atoms. The second-order valence-corrected chi connectivity index (χ2v) is 3.22. The molecule has 0 aromatic heterocycles. The van der Waals surface area contributed by atoms with Gasteiger partial charge < -0.3 is 11.5 Å². The van der Waals surface area contributed by atoms with E-state index in [2.05, 4.69) is 0 Å². The predicted octanol–water partition coefficient (Wildman–Crippen LogP) is 1.81. The molecule has 3 nitrogen and oxygen atoms in total. The van der Waals surface area contributed by atoms with Crippen molar-refractivity contribution in [2.24, 2.45) is 5.73 Å². The third-order valence-electron chi connectivity index (χ3n) is 1.69. The minimum absolute atomic E-state index is 0.185. The van der Waals surface area contributed by atoms with E-state index in [4.69, 9.17) is 23.1 Å². The summed E-state index contributed by atoms with van der Waals surface area (Å²) in [6.45, 7) is 0. The Labute approximate surface area is 87.3 Å². The molecule has 4 N–H and O–H groups in total. The number of halogens is 1. The molecular weight excluding hydrogens is 200 g/mol. The number of carbonyl (C=O) groups excluding carboxylic acids is 1. The lowest BCUT2D eigenvalue weighted by Crippen LogP contribution is -2.07. The van der Waals surface area contributed by atoms with Crippen LogP contribution in [0.2, 0.25) is 5.02 Å². The molecular formula is C10H11ClN2O. The maximum atomic E-state index is 10.5. The second kappa shape index (κ2) is 4.67. The van der Waals surface area contributed by atoms with Crippen LogP contribution in [0.25, 0.3) is 6.08 Å². The van der Waals surface area contributed by atoms with Gasteiger partial charge in [0.25, 0.3) is 0 Å². The summed E-state index contributed by atoms with van der Waals surface area (Å²) >= 11 is 5.90. The van der Waals surface area contributed by atoms with Crippen molar-refractivity contribution in [2.75, 3.05) is 5.73 Å². The SMILES string of the molecule is NC(=O)CC=Cc1c(N)cccc1Cl. The van der Waals surface area contributed by atoms with E-state index >= 15 is 0 Å². The molecule has 0 aliphatic rings. The van der Waals surface area contributed by atoms with Gasteiger partial charge in [-0.15, -0.1) is 0 Å². The molecule has 0 aliphatic carbocycles. The highest BCUT2D eigenvalue weighted by atomic mass is 35.5. The molecule has 0 atom stereocenters. The maximum Gasteiger partial charge on any atom is 0.221 e. The molecule has 1 aromatic carbocycles. The van der Waals surface area contributed by atoms with Gasteiger partial charge in [-0.25, -0.2) is 0 Å². The number of carbonyl (C=O) groups is 1. The minimum Gasteiger partial charge on any atom is -0.398 e. The zero-order valence-electron chi connectivity index (χ0n) is 7.53. The number of nitrogen functional groups attached to an aromatic ring is 1. The average Bonchev–Trinajstić information content (AvgIpc) is 2.09. The fourth-order valence-electron chi connectivity index (χ4n) is 1.02. The normalized spacial score (nSPS) is 10.6. The average molecular weight is 211 g/mol. The van der Waals surface area contributed by atoms with E-state index < -0.39 is 0 Å². The highest BCUT2D eigenvalue weighted by Crippen LogP contribution is 2.23. The van der Waals surface area contributed by atoms with Crippen molar-refractivity contribution < 1.29 is 4.79 Å². The van der Waals surface area contributed by atoms with Gasteiger partial charge in [0.1, 0.15) is 0 Å². The number of benzene rings is 1. The zero-order valence-corrected chi connectivity index (χ0v) is 8.29. The summed E-state index contributed by atoms with van der Waals surface area (Å²) in [6, 6.07) is 5.25. The Morgan fingerprint density at radius 1 is 1.50 bits per heavy atom. The molecule has 0 radical (unpaired) electrons. The van der Waals surface area contributed by atoms with Crippen molar-refractivity contribution in [2.45, 2.75) is 6.42 Å². The molecule has 0 heterocycles. The Morgan fingerprint density at radius 2 is 2.21 bits per heavy atom. The fraction of sp³-hybridized carbons (Fsp3) is 0.100. The number of amides is 1. The molecule has 0 saturated carbocycles. The van der Waals surface area contributed by atoms with Crippen molar-refractivity contribution in [3.63, 3.8) is 0 Å². The summed E-state index contributed by atoms with van der Waals surface area (Å²) in [5.74, 6) is -0.383. The van der Waals surface area contributed by atoms with E-state index in [0.717, 1.165) is 5.56 Å². The Bertz CT molecular complexity index is 354. The number of hydrogen-bond acceptors (Lipinski definition) is 2. The lowest BCUT2D eigenvalue weighted by molar-refractivity contribution is -0.117. The monoisotopic (exact) mass is 210 g/mol. The van der Waals surface area contributed by atoms with Gasteiger partial charge in [-0.1, -0.05) is 29.8 Å². The van der Waals surface area contributed by atoms with E-state index in [1.807, 2.05) is 0 Å². The summed E-state index contributed by atoms with van der Waals surface area (Å²) in [6.07, 6.45) is 3.52. The summed E-state index contributed by atoms with van der Waals surface area (Å²) in [5, 5.41) is 0.561. The van der Waals surface area contributed by atoms with Crippen LogP contribution in [0.5, 0.6) is 0 Å². The Balaban J connectivity index is 2.85. The van der Waals surface area contributed by atoms with Crippen LogP contribution in [0.15, 0.2) is 24.3 Å². The van der Waals surface area contributed by atoms with E-state index in [1.165, 1.54) is 0 Å². The van der Waals surface area contributed by atoms with E-state index in [-0.39, 0.29) is 12.3 Å². The van der Waals surface area contributed by atoms with Crippen LogP contribution in [-0.4, -0.2) is 5.91 Å². The molecule has 0 saturated heterocycles. The highest BCUT2D eigenvalue weighted by Gasteiger charge is 1.99. The number of rotatable bonds is 3. The largest absolute Gasteiger partial charge is 0.398 e. The van der Waals surface area contributed by atoms with Gasteiger partial charge in [0.2, 0.25) is 5.91 Å². The second-order valence-electron chi connectivity index (χ2n) is 2.82. The standard InChI is InChI=1S/C10H11ClN2O/c11-8-4-2-5-9(12)7(8)3-1-6-10(13)14/h1-5H,6,12H2,(H2,13,14). The van der Waals surface area contributed by atoms with Gasteiger partial charge in [-0.3, -0.25) is 4.79 Å². The number of anilines is 1. The molecule has 1 aromatic rings. The predicted molar refractivity (Wildman–Crippen MR) is 58.7 cm³/mol. The van der Waals surface area contributed by atoms with Crippen LogP contribution in [-0.2, 0) is 4.79 Å². The first-order chi connectivity index (χ1) is 6.61. The summed E-state index contributed by atoms with van der Waals surface area (Å²) in [5.41, 5.74) is 12.0. The van der Waals surface area contributed by atoms with Crippen LogP contribution >= 0.6 is 11.6 Å². The molecule has 0 aliphatic heterocycles. The third-order valence-corrected chi connectivity index (χ3v) is 2.02. The molecule has 0 fully saturated rings. The van der Waals surface area contributed by atoms with Gasteiger partial charge >= 0.3 is 0 Å². The first-order valence-corrected chi connectivity index (χ1v) is 4.48. The Hall–Kier alpha value is -1.48. The number of hydrogen-bond donors (Lipinski definition) is 2. The van der Waals surface area contributed by atoms with Crippen LogP contribution in [0.4, 0.5) is 5.69 Å². The molecule has 1 rings (SSSR count). The zero-order chi connectivity index (χ0) is 10.6. The van der Waals surface area contributed by atoms with Crippen molar-refractivity contribution in [1.82, 2.24) is 0 Å². The summed E-state index contributed by atoms with van der Waals surface area (Å²) in [7, 11) is 0. The van der Waals surface area contributed by atoms with Gasteiger partial charge in [0.05, 0.1) is 0 Å². The summed E-state index contributed by atoms with van der Waals surface area (Å²) in [4.78, 5) is 10.5. The number of nitrogens with two attached hydrogens (primary N) is 2. The molecule has 74 valence electrons. The van der Waals surface area contributed by atoms with Crippen LogP contribution in [0.3, 0.4) is 0 Å². The Morgan fingerprint density at radius 3 is 2.79 bits per heavy atom. The molecule has 1 amide bonds. The lowest BCUT2D eigenvalue weighted by atomic mass is 10.1. The van der Waals surface area contributed by atoms with Crippen molar-refractivity contribution >= 4 is 29.3 Å². The van der Waals surface area contributed by atoms with Gasteiger partial charge in [-0.2, -0.15) is 0 Å². The quantitative estimate of drug-likeness (QED) is 0.748. The fourth-order valence-corrected chi connectivity index (χ4v) is 1.27. The van der Waals surface area contributed by atoms with Crippen molar-refractivity contribution in [3.8, 4) is 0 Å². The molecule has 0 spiro atoms. The topological polar surface area (TPSA) is 69.1 Å². The van der Waals surface area contributed by atoms with Crippen LogP contribution in [0, 0.1) is 0 Å². The molecule has 0 bridgehead atoms. The van der Waals surface area contributed by atoms with Crippen molar-refractivity contribution in [3.05, 3.63) is 34.9 Å². The van der Waals surface area contributed by atoms with E-state index in [9.17, 15) is 4.79 Å². The van der Waals surface area contributed by atoms with Gasteiger partial charge in [0, 0.05) is 22.7 Å². The third kappa shape index (κ3) is 2.78. The van der Waals surface area contributed by atoms with Gasteiger partial charge in [0.15, 0.2) is 0 Å². The van der Waals surface area contributed by atoms with E-state index in [0.29, 0.717) is 10.7 Å². The lowest BCUT2D eigenvalue weighted by Gasteiger charge is -2.01. The van der Waals surface area contributed by atoms with Crippen LogP contribution < -0.4 is 11.5 Å². The summed E-state index contributed by atoms with van der Waals surface area (Å²) < 4.78 is 0. The highest BCUT2D eigenvalue weighted by molar-refractivity contribution is 6.32. The Kier molecular flexibility index (Phi) is 3.54. The van der Waals surface area contributed by atoms with E-state index in [1.54, 1.807) is 30.4 Å². The maximum absolute atomic E-state index is 10.5. The van der Waals surface area contributed by atoms with Crippen LogP contribution in [0.1, 0.15) is 12.0 Å². The smallest absolute Gasteiger partial charge is 0.221 e. The van der Waals surface area contributed by atoms with Gasteiger partial charge in [-0.05, 0) is 12.1 Å². The molecule has 0 unspecified atom stereocenters. The number of primary amides is 1. The van der Waals surface area contributed by atoms with Crippen molar-refractivity contribution in [1.29, 1.82) is 0 Å². The molecule has 4 heteroatoms. The first-order valence-electron chi connectivity index (χ1n) is 4.10. The first kappa shape index (κ1) is 10.6.